The fourth-order valence-electron chi connectivity index (χ4n) is 9.36. The first-order valence-corrected chi connectivity index (χ1v) is 18.3. The zero-order valence-electron chi connectivity index (χ0n) is 29.4. The average molecular weight is 673 g/mol. The minimum atomic E-state index is -0.238. The molecular weight excluding hydrogens is 641 g/mol. The Balaban J connectivity index is 1.26. The van der Waals surface area contributed by atoms with Crippen LogP contribution >= 0.6 is 0 Å². The van der Waals surface area contributed by atoms with Crippen LogP contribution in [-0.4, -0.2) is 4.98 Å². The minimum Gasteiger partial charge on any atom is -0.246 e. The molecule has 1 aliphatic carbocycles. The Bertz CT molecular complexity index is 3210. The van der Waals surface area contributed by atoms with Gasteiger partial charge in [-0.2, -0.15) is 5.26 Å². The quantitative estimate of drug-likeness (QED) is 0.135. The maximum atomic E-state index is 9.70. The van der Waals surface area contributed by atoms with Crippen molar-refractivity contribution < 1.29 is 0 Å². The fourth-order valence-corrected chi connectivity index (χ4v) is 9.36. The van der Waals surface area contributed by atoms with Gasteiger partial charge in [-0.1, -0.05) is 153 Å². The van der Waals surface area contributed by atoms with Gasteiger partial charge >= 0.3 is 0 Å². The lowest BCUT2D eigenvalue weighted by Gasteiger charge is -2.23. The standard InChI is InChI=1S/C51H32N2/c1-51(2)44-27-30(29-52)19-23-36(44)37-24-22-33(28-45(37)51)46-38-15-7-9-17-40(38)48(41-18-10-8-16-39(41)46)50-43-26-20-31-11-3-5-13-34(31)47(43)42-25-21-32-12-4-6-14-35(32)49(42)53-50/h3-28H,1-2H3. The van der Waals surface area contributed by atoms with Crippen molar-refractivity contribution >= 4 is 64.8 Å². The highest BCUT2D eigenvalue weighted by Crippen LogP contribution is 2.52. The smallest absolute Gasteiger partial charge is 0.0991 e. The summed E-state index contributed by atoms with van der Waals surface area (Å²) in [6.07, 6.45) is 0. The van der Waals surface area contributed by atoms with Crippen molar-refractivity contribution in [1.82, 2.24) is 4.98 Å². The van der Waals surface area contributed by atoms with Crippen molar-refractivity contribution in [3.05, 3.63) is 174 Å². The van der Waals surface area contributed by atoms with E-state index in [4.69, 9.17) is 4.98 Å². The minimum absolute atomic E-state index is 0.238. The molecule has 246 valence electrons. The number of nitrogens with zero attached hydrogens (tertiary/aromatic N) is 2. The van der Waals surface area contributed by atoms with Crippen LogP contribution in [0.2, 0.25) is 0 Å². The molecule has 53 heavy (non-hydrogen) atoms. The molecule has 1 heterocycles. The Morgan fingerprint density at radius 2 is 1.00 bits per heavy atom. The molecule has 0 saturated heterocycles. The van der Waals surface area contributed by atoms with E-state index in [1.54, 1.807) is 0 Å². The van der Waals surface area contributed by atoms with E-state index in [-0.39, 0.29) is 5.41 Å². The Kier molecular flexibility index (Phi) is 6.11. The van der Waals surface area contributed by atoms with Gasteiger partial charge in [-0.15, -0.1) is 0 Å². The Labute approximate surface area is 307 Å². The number of benzene rings is 9. The maximum absolute atomic E-state index is 9.70. The number of hydrogen-bond donors (Lipinski definition) is 0. The molecule has 2 heteroatoms. The average Bonchev–Trinajstić information content (AvgIpc) is 3.43. The molecule has 11 rings (SSSR count). The highest BCUT2D eigenvalue weighted by Gasteiger charge is 2.36. The van der Waals surface area contributed by atoms with E-state index < -0.39 is 0 Å². The molecule has 0 aliphatic heterocycles. The molecule has 0 spiro atoms. The van der Waals surface area contributed by atoms with Gasteiger partial charge in [0.2, 0.25) is 0 Å². The maximum Gasteiger partial charge on any atom is 0.0991 e. The molecule has 0 saturated carbocycles. The summed E-state index contributed by atoms with van der Waals surface area (Å²) >= 11 is 0. The molecule has 0 radical (unpaired) electrons. The molecule has 0 atom stereocenters. The molecule has 0 amide bonds. The number of rotatable bonds is 2. The summed E-state index contributed by atoms with van der Waals surface area (Å²) < 4.78 is 0. The number of pyridine rings is 1. The first-order chi connectivity index (χ1) is 26.0. The van der Waals surface area contributed by atoms with Crippen molar-refractivity contribution in [2.45, 2.75) is 19.3 Å². The van der Waals surface area contributed by atoms with Crippen LogP contribution in [0.4, 0.5) is 0 Å². The molecule has 2 nitrogen and oxygen atoms in total. The van der Waals surface area contributed by atoms with E-state index in [2.05, 4.69) is 172 Å². The van der Waals surface area contributed by atoms with Gasteiger partial charge in [0.05, 0.1) is 22.8 Å². The van der Waals surface area contributed by atoms with Crippen molar-refractivity contribution in [1.29, 1.82) is 5.26 Å². The predicted molar refractivity (Wildman–Crippen MR) is 222 cm³/mol. The van der Waals surface area contributed by atoms with E-state index in [1.807, 2.05) is 6.07 Å². The van der Waals surface area contributed by atoms with Crippen molar-refractivity contribution in [2.24, 2.45) is 0 Å². The molecule has 1 aliphatic rings. The largest absolute Gasteiger partial charge is 0.246 e. The van der Waals surface area contributed by atoms with Crippen LogP contribution in [0.3, 0.4) is 0 Å². The molecule has 0 N–H and O–H groups in total. The Morgan fingerprint density at radius 3 is 1.66 bits per heavy atom. The summed E-state index contributed by atoms with van der Waals surface area (Å²) in [6.45, 7) is 4.57. The van der Waals surface area contributed by atoms with Crippen LogP contribution in [0.1, 0.15) is 30.5 Å². The first-order valence-electron chi connectivity index (χ1n) is 18.3. The highest BCUT2D eigenvalue weighted by molar-refractivity contribution is 6.29. The van der Waals surface area contributed by atoms with Crippen LogP contribution in [0.5, 0.6) is 0 Å². The second-order valence-electron chi connectivity index (χ2n) is 15.0. The number of fused-ring (bicyclic) bond motifs is 12. The normalized spacial score (nSPS) is 13.2. The van der Waals surface area contributed by atoms with Gasteiger partial charge in [-0.3, -0.25) is 0 Å². The Hall–Kier alpha value is -6.82. The summed E-state index contributed by atoms with van der Waals surface area (Å²) in [5.74, 6) is 0. The van der Waals surface area contributed by atoms with E-state index >= 15 is 0 Å². The monoisotopic (exact) mass is 672 g/mol. The van der Waals surface area contributed by atoms with Crippen LogP contribution in [-0.2, 0) is 5.41 Å². The van der Waals surface area contributed by atoms with E-state index in [1.165, 1.54) is 81.9 Å². The molecule has 1 aromatic heterocycles. The third kappa shape index (κ3) is 4.11. The third-order valence-corrected chi connectivity index (χ3v) is 11.8. The van der Waals surface area contributed by atoms with Gasteiger partial charge in [-0.05, 0) is 89.3 Å². The first kappa shape index (κ1) is 29.9. The Morgan fingerprint density at radius 1 is 0.472 bits per heavy atom. The SMILES string of the molecule is CC1(C)c2cc(C#N)ccc2-c2ccc(-c3c4ccccc4c(-c4nc5c6ccccc6ccc5c5c4ccc4ccccc45)c4ccccc34)cc21. The second kappa shape index (κ2) is 10.8. The molecule has 10 aromatic rings. The fraction of sp³-hybridized carbons (Fsp3) is 0.0588. The molecule has 0 unspecified atom stereocenters. The number of nitriles is 1. The summed E-state index contributed by atoms with van der Waals surface area (Å²) in [5.41, 5.74) is 11.0. The lowest BCUT2D eigenvalue weighted by Crippen LogP contribution is -2.15. The molecule has 9 aromatic carbocycles. The van der Waals surface area contributed by atoms with Gasteiger partial charge in [0.1, 0.15) is 0 Å². The van der Waals surface area contributed by atoms with E-state index in [0.29, 0.717) is 5.56 Å². The van der Waals surface area contributed by atoms with Crippen LogP contribution in [0.15, 0.2) is 158 Å². The topological polar surface area (TPSA) is 36.7 Å². The van der Waals surface area contributed by atoms with Crippen LogP contribution in [0, 0.1) is 11.3 Å². The third-order valence-electron chi connectivity index (χ3n) is 11.8. The highest BCUT2D eigenvalue weighted by atomic mass is 14.7. The van der Waals surface area contributed by atoms with Gasteiger partial charge in [0.15, 0.2) is 0 Å². The van der Waals surface area contributed by atoms with Gasteiger partial charge < -0.3 is 0 Å². The second-order valence-corrected chi connectivity index (χ2v) is 15.0. The summed E-state index contributed by atoms with van der Waals surface area (Å²) in [6, 6.07) is 59.6. The lowest BCUT2D eigenvalue weighted by molar-refractivity contribution is 0.660. The lowest BCUT2D eigenvalue weighted by atomic mass is 9.80. The van der Waals surface area contributed by atoms with E-state index in [0.717, 1.165) is 27.5 Å². The van der Waals surface area contributed by atoms with Crippen LogP contribution < -0.4 is 0 Å². The molecular formula is C51H32N2. The van der Waals surface area contributed by atoms with Crippen molar-refractivity contribution in [3.63, 3.8) is 0 Å². The molecule has 0 fully saturated rings. The molecule has 0 bridgehead atoms. The van der Waals surface area contributed by atoms with Gasteiger partial charge in [-0.25, -0.2) is 4.98 Å². The summed E-state index contributed by atoms with van der Waals surface area (Å²) in [5, 5.41) is 22.9. The zero-order valence-corrected chi connectivity index (χ0v) is 29.4. The van der Waals surface area contributed by atoms with E-state index in [9.17, 15) is 5.26 Å². The summed E-state index contributed by atoms with van der Waals surface area (Å²) in [4.78, 5) is 5.69. The number of aromatic nitrogens is 1. The van der Waals surface area contributed by atoms with Crippen molar-refractivity contribution in [3.8, 4) is 39.6 Å². The van der Waals surface area contributed by atoms with Crippen molar-refractivity contribution in [2.75, 3.05) is 0 Å². The summed E-state index contributed by atoms with van der Waals surface area (Å²) in [7, 11) is 0. The number of hydrogen-bond acceptors (Lipinski definition) is 2. The van der Waals surface area contributed by atoms with Gasteiger partial charge in [0.25, 0.3) is 0 Å². The van der Waals surface area contributed by atoms with Gasteiger partial charge in [0, 0.05) is 32.5 Å². The van der Waals surface area contributed by atoms with Crippen LogP contribution in [0.25, 0.3) is 98.3 Å². The zero-order chi connectivity index (χ0) is 35.4. The predicted octanol–water partition coefficient (Wildman–Crippen LogP) is 13.5.